The number of aliphatic carboxylic acids is 1. The number of nitrogens with one attached hydrogen (secondary N) is 1. The minimum absolute atomic E-state index is 0. The lowest BCUT2D eigenvalue weighted by atomic mass is 9.98. The predicted octanol–water partition coefficient (Wildman–Crippen LogP) is 1.81. The number of aromatic hydroxyl groups is 1. The standard InChI is InChI=1S/C21H22N4O5.ClH/c1-12-8-19(30-11-20(28)29)25-21(24-12)14-2-4-15-13(9-14)3-5-17(26)16(15)10-18(27)23-7-6-22;/h2-5,8-9,26H,6-7,10-11,22H2,1H3,(H,23,27)(H,28,29);1H. The van der Waals surface area contributed by atoms with Gasteiger partial charge in [-0.05, 0) is 29.8 Å². The van der Waals surface area contributed by atoms with E-state index in [2.05, 4.69) is 15.3 Å². The summed E-state index contributed by atoms with van der Waals surface area (Å²) in [5, 5.41) is 23.3. The van der Waals surface area contributed by atoms with Crippen molar-refractivity contribution in [2.45, 2.75) is 13.3 Å². The molecular weight excluding hydrogens is 424 g/mol. The number of fused-ring (bicyclic) bond motifs is 1. The van der Waals surface area contributed by atoms with Crippen LogP contribution in [-0.4, -0.2) is 51.8 Å². The van der Waals surface area contributed by atoms with Gasteiger partial charge in [0.25, 0.3) is 0 Å². The first-order valence-corrected chi connectivity index (χ1v) is 9.29. The first kappa shape index (κ1) is 23.8. The van der Waals surface area contributed by atoms with Gasteiger partial charge in [-0.1, -0.05) is 18.2 Å². The fraction of sp³-hybridized carbons (Fsp3) is 0.238. The van der Waals surface area contributed by atoms with Gasteiger partial charge in [0.15, 0.2) is 12.4 Å². The van der Waals surface area contributed by atoms with Crippen LogP contribution in [0.25, 0.3) is 22.2 Å². The smallest absolute Gasteiger partial charge is 0.341 e. The van der Waals surface area contributed by atoms with Gasteiger partial charge in [0, 0.05) is 36.0 Å². The van der Waals surface area contributed by atoms with Crippen molar-refractivity contribution in [1.29, 1.82) is 0 Å². The van der Waals surface area contributed by atoms with Crippen LogP contribution in [0.5, 0.6) is 11.6 Å². The minimum Gasteiger partial charge on any atom is -0.508 e. The Morgan fingerprint density at radius 2 is 1.94 bits per heavy atom. The predicted molar refractivity (Wildman–Crippen MR) is 118 cm³/mol. The summed E-state index contributed by atoms with van der Waals surface area (Å²) in [4.78, 5) is 31.5. The maximum Gasteiger partial charge on any atom is 0.341 e. The van der Waals surface area contributed by atoms with Crippen molar-refractivity contribution in [3.63, 3.8) is 0 Å². The number of carboxylic acid groups (broad SMARTS) is 1. The van der Waals surface area contributed by atoms with E-state index in [0.717, 1.165) is 10.8 Å². The number of ether oxygens (including phenoxy) is 1. The number of carbonyl (C=O) groups excluding carboxylic acids is 1. The van der Waals surface area contributed by atoms with Gasteiger partial charge in [0.05, 0.1) is 6.42 Å². The van der Waals surface area contributed by atoms with Crippen LogP contribution >= 0.6 is 12.4 Å². The molecule has 0 saturated heterocycles. The molecule has 1 heterocycles. The molecule has 9 nitrogen and oxygen atoms in total. The molecule has 0 aliphatic heterocycles. The van der Waals surface area contributed by atoms with Crippen molar-refractivity contribution in [3.05, 3.63) is 47.7 Å². The normalized spacial score (nSPS) is 10.4. The van der Waals surface area contributed by atoms with E-state index in [1.54, 1.807) is 31.2 Å². The maximum atomic E-state index is 12.1. The van der Waals surface area contributed by atoms with Crippen molar-refractivity contribution in [2.24, 2.45) is 5.73 Å². The van der Waals surface area contributed by atoms with Crippen LogP contribution < -0.4 is 15.8 Å². The number of halogens is 1. The van der Waals surface area contributed by atoms with Gasteiger partial charge in [-0.2, -0.15) is 4.98 Å². The van der Waals surface area contributed by atoms with Crippen LogP contribution in [0, 0.1) is 6.92 Å². The van der Waals surface area contributed by atoms with Crippen molar-refractivity contribution < 1.29 is 24.5 Å². The van der Waals surface area contributed by atoms with Crippen molar-refractivity contribution in [1.82, 2.24) is 15.3 Å². The number of benzene rings is 2. The van der Waals surface area contributed by atoms with E-state index < -0.39 is 12.6 Å². The molecule has 0 aliphatic carbocycles. The molecule has 0 aliphatic rings. The van der Waals surface area contributed by atoms with E-state index in [1.807, 2.05) is 6.07 Å². The van der Waals surface area contributed by atoms with E-state index >= 15 is 0 Å². The number of phenolic OH excluding ortho intramolecular Hbond substituents is 1. The zero-order valence-corrected chi connectivity index (χ0v) is 17.6. The van der Waals surface area contributed by atoms with Gasteiger partial charge in [-0.25, -0.2) is 9.78 Å². The maximum absolute atomic E-state index is 12.1. The topological polar surface area (TPSA) is 148 Å². The minimum atomic E-state index is -1.10. The summed E-state index contributed by atoms with van der Waals surface area (Å²) in [6.07, 6.45) is 0.0244. The fourth-order valence-electron chi connectivity index (χ4n) is 3.02. The Morgan fingerprint density at radius 1 is 1.16 bits per heavy atom. The monoisotopic (exact) mass is 446 g/mol. The van der Waals surface area contributed by atoms with Gasteiger partial charge < -0.3 is 26.0 Å². The zero-order valence-electron chi connectivity index (χ0n) is 16.8. The lowest BCUT2D eigenvalue weighted by molar-refractivity contribution is -0.139. The molecule has 0 spiro atoms. The highest BCUT2D eigenvalue weighted by molar-refractivity contribution is 5.94. The number of amides is 1. The highest BCUT2D eigenvalue weighted by Gasteiger charge is 2.14. The van der Waals surface area contributed by atoms with Crippen LogP contribution in [0.1, 0.15) is 11.3 Å². The van der Waals surface area contributed by atoms with E-state index in [1.165, 1.54) is 6.07 Å². The average molecular weight is 447 g/mol. The molecule has 31 heavy (non-hydrogen) atoms. The molecule has 0 radical (unpaired) electrons. The highest BCUT2D eigenvalue weighted by Crippen LogP contribution is 2.31. The third kappa shape index (κ3) is 6.03. The summed E-state index contributed by atoms with van der Waals surface area (Å²) < 4.78 is 5.17. The van der Waals surface area contributed by atoms with Gasteiger partial charge in [-0.3, -0.25) is 4.79 Å². The molecule has 5 N–H and O–H groups in total. The Bertz CT molecular complexity index is 1110. The van der Waals surface area contributed by atoms with Crippen LogP contribution in [0.4, 0.5) is 0 Å². The summed E-state index contributed by atoms with van der Waals surface area (Å²) in [5.41, 5.74) is 7.24. The summed E-state index contributed by atoms with van der Waals surface area (Å²) in [6.45, 7) is 1.97. The van der Waals surface area contributed by atoms with Gasteiger partial charge in [0.2, 0.25) is 11.8 Å². The SMILES string of the molecule is Cc1cc(OCC(=O)O)nc(-c2ccc3c(CC(=O)NCCN)c(O)ccc3c2)n1.Cl. The molecule has 3 aromatic rings. The number of aromatic nitrogens is 2. The van der Waals surface area contributed by atoms with Crippen molar-refractivity contribution >= 4 is 35.1 Å². The molecule has 0 saturated carbocycles. The molecule has 3 rings (SSSR count). The fourth-order valence-corrected chi connectivity index (χ4v) is 3.02. The lowest BCUT2D eigenvalue weighted by Gasteiger charge is -2.11. The molecule has 0 fully saturated rings. The number of rotatable bonds is 8. The Labute approximate surface area is 184 Å². The second-order valence-electron chi connectivity index (χ2n) is 6.67. The Kier molecular flexibility index (Phi) is 8.12. The largest absolute Gasteiger partial charge is 0.508 e. The van der Waals surface area contributed by atoms with E-state index in [9.17, 15) is 14.7 Å². The third-order valence-electron chi connectivity index (χ3n) is 4.34. The van der Waals surface area contributed by atoms with Gasteiger partial charge in [0.1, 0.15) is 5.75 Å². The molecular formula is C21H23ClN4O5. The zero-order chi connectivity index (χ0) is 21.7. The van der Waals surface area contributed by atoms with E-state index in [0.29, 0.717) is 35.7 Å². The second kappa shape index (κ2) is 10.6. The number of hydrogen-bond acceptors (Lipinski definition) is 7. The molecule has 0 bridgehead atoms. The van der Waals surface area contributed by atoms with E-state index in [4.69, 9.17) is 15.6 Å². The first-order chi connectivity index (χ1) is 14.4. The summed E-state index contributed by atoms with van der Waals surface area (Å²) in [6, 6.07) is 10.2. The van der Waals surface area contributed by atoms with Gasteiger partial charge in [-0.15, -0.1) is 12.4 Å². The Hall–Kier alpha value is -3.43. The Morgan fingerprint density at radius 3 is 2.65 bits per heavy atom. The molecule has 0 unspecified atom stereocenters. The number of aryl methyl sites for hydroxylation is 1. The summed E-state index contributed by atoms with van der Waals surface area (Å²) in [7, 11) is 0. The molecule has 1 aromatic heterocycles. The lowest BCUT2D eigenvalue weighted by Crippen LogP contribution is -2.30. The summed E-state index contributed by atoms with van der Waals surface area (Å²) >= 11 is 0. The number of nitrogens with two attached hydrogens (primary N) is 1. The van der Waals surface area contributed by atoms with Crippen LogP contribution in [-0.2, 0) is 16.0 Å². The van der Waals surface area contributed by atoms with Crippen molar-refractivity contribution in [2.75, 3.05) is 19.7 Å². The molecule has 1 amide bonds. The van der Waals surface area contributed by atoms with Crippen molar-refractivity contribution in [3.8, 4) is 23.0 Å². The average Bonchev–Trinajstić information content (AvgIpc) is 2.72. The molecule has 2 aromatic carbocycles. The number of hydrogen-bond donors (Lipinski definition) is 4. The highest BCUT2D eigenvalue weighted by atomic mass is 35.5. The van der Waals surface area contributed by atoms with E-state index in [-0.39, 0.29) is 36.4 Å². The molecule has 0 atom stereocenters. The van der Waals surface area contributed by atoms with Gasteiger partial charge >= 0.3 is 5.97 Å². The number of phenols is 1. The number of nitrogens with zero attached hydrogens (tertiary/aromatic N) is 2. The number of carboxylic acids is 1. The van der Waals surface area contributed by atoms with Crippen LogP contribution in [0.3, 0.4) is 0 Å². The quantitative estimate of drug-likeness (QED) is 0.409. The Balaban J connectivity index is 0.00000341. The van der Waals surface area contributed by atoms with Crippen LogP contribution in [0.2, 0.25) is 0 Å². The third-order valence-corrected chi connectivity index (χ3v) is 4.34. The summed E-state index contributed by atoms with van der Waals surface area (Å²) in [5.74, 6) is -0.735. The molecule has 10 heteroatoms. The second-order valence-corrected chi connectivity index (χ2v) is 6.67. The van der Waals surface area contributed by atoms with Crippen LogP contribution in [0.15, 0.2) is 36.4 Å². The first-order valence-electron chi connectivity index (χ1n) is 9.29. The molecule has 164 valence electrons. The number of carbonyl (C=O) groups is 2.